The van der Waals surface area contributed by atoms with Crippen LogP contribution in [0, 0.1) is 6.92 Å². The highest BCUT2D eigenvalue weighted by Crippen LogP contribution is 2.13. The number of nitrogens with two attached hydrogens (primary N) is 1. The minimum Gasteiger partial charge on any atom is -0.486 e. The zero-order valence-electron chi connectivity index (χ0n) is 11.6. The lowest BCUT2D eigenvalue weighted by atomic mass is 10.2. The first-order chi connectivity index (χ1) is 9.67. The van der Waals surface area contributed by atoms with Gasteiger partial charge < -0.3 is 15.5 Å². The predicted molar refractivity (Wildman–Crippen MR) is 77.7 cm³/mol. The van der Waals surface area contributed by atoms with E-state index in [1.54, 1.807) is 0 Å². The number of ether oxygens (including phenoxy) is 1. The van der Waals surface area contributed by atoms with Crippen LogP contribution in [0.3, 0.4) is 0 Å². The fourth-order valence-electron chi connectivity index (χ4n) is 1.90. The Morgan fingerprint density at radius 3 is 2.95 bits per heavy atom. The van der Waals surface area contributed by atoms with Crippen LogP contribution in [0.4, 0.5) is 0 Å². The predicted octanol–water partition coefficient (Wildman–Crippen LogP) is 1.55. The molecule has 0 amide bonds. The Hall–Kier alpha value is -2.14. The molecule has 1 heterocycles. The summed E-state index contributed by atoms with van der Waals surface area (Å²) in [5.41, 5.74) is 7.18. The highest BCUT2D eigenvalue weighted by molar-refractivity contribution is 5.27. The van der Waals surface area contributed by atoms with Crippen LogP contribution in [-0.4, -0.2) is 16.5 Å². The van der Waals surface area contributed by atoms with E-state index in [4.69, 9.17) is 10.5 Å². The summed E-state index contributed by atoms with van der Waals surface area (Å²) in [6.07, 6.45) is 1.52. The molecular weight excluding hydrogens is 254 g/mol. The number of aromatic amines is 1. The number of aromatic nitrogens is 2. The van der Waals surface area contributed by atoms with Gasteiger partial charge in [0.05, 0.1) is 0 Å². The van der Waals surface area contributed by atoms with Crippen molar-refractivity contribution in [3.05, 3.63) is 57.8 Å². The number of aryl methyl sites for hydroxylation is 2. The summed E-state index contributed by atoms with van der Waals surface area (Å²) in [5, 5.41) is 0. The van der Waals surface area contributed by atoms with Gasteiger partial charge in [0.2, 0.25) is 0 Å². The molecule has 1 aromatic heterocycles. The van der Waals surface area contributed by atoms with E-state index in [2.05, 4.69) is 9.97 Å². The van der Waals surface area contributed by atoms with Gasteiger partial charge in [-0.1, -0.05) is 12.1 Å². The van der Waals surface area contributed by atoms with Crippen LogP contribution < -0.4 is 16.0 Å². The maximum absolute atomic E-state index is 11.6. The molecule has 0 radical (unpaired) electrons. The molecule has 5 heteroatoms. The molecule has 0 bridgehead atoms. The SMILES string of the molecule is Cc1cccc(OCc2nc(CCCN)cc(=O)[nH]2)c1. The summed E-state index contributed by atoms with van der Waals surface area (Å²) in [5.74, 6) is 1.30. The lowest BCUT2D eigenvalue weighted by molar-refractivity contribution is 0.294. The van der Waals surface area contributed by atoms with Gasteiger partial charge in [0, 0.05) is 11.8 Å². The Kier molecular flexibility index (Phi) is 4.90. The summed E-state index contributed by atoms with van der Waals surface area (Å²) in [6.45, 7) is 2.83. The Labute approximate surface area is 117 Å². The maximum atomic E-state index is 11.6. The smallest absolute Gasteiger partial charge is 0.251 e. The molecule has 0 aliphatic heterocycles. The van der Waals surface area contributed by atoms with Gasteiger partial charge in [-0.15, -0.1) is 0 Å². The van der Waals surface area contributed by atoms with Gasteiger partial charge in [0.1, 0.15) is 18.2 Å². The van der Waals surface area contributed by atoms with Crippen molar-refractivity contribution >= 4 is 0 Å². The van der Waals surface area contributed by atoms with Gasteiger partial charge in [-0.25, -0.2) is 4.98 Å². The minimum atomic E-state index is -0.158. The Morgan fingerprint density at radius 2 is 2.20 bits per heavy atom. The van der Waals surface area contributed by atoms with Crippen LogP contribution in [0.2, 0.25) is 0 Å². The molecule has 0 spiro atoms. The number of nitrogens with one attached hydrogen (secondary N) is 1. The van der Waals surface area contributed by atoms with Crippen molar-refractivity contribution < 1.29 is 4.74 Å². The Balaban J connectivity index is 2.05. The molecule has 0 saturated carbocycles. The number of benzene rings is 1. The number of nitrogens with zero attached hydrogens (tertiary/aromatic N) is 1. The molecule has 106 valence electrons. The molecular formula is C15H19N3O2. The minimum absolute atomic E-state index is 0.158. The van der Waals surface area contributed by atoms with E-state index < -0.39 is 0 Å². The third-order valence-electron chi connectivity index (χ3n) is 2.85. The van der Waals surface area contributed by atoms with Gasteiger partial charge in [-0.05, 0) is 44.0 Å². The van der Waals surface area contributed by atoms with Gasteiger partial charge in [0.25, 0.3) is 5.56 Å². The maximum Gasteiger partial charge on any atom is 0.251 e. The van der Waals surface area contributed by atoms with E-state index in [1.165, 1.54) is 6.07 Å². The van der Waals surface area contributed by atoms with Crippen LogP contribution in [0.5, 0.6) is 5.75 Å². The highest BCUT2D eigenvalue weighted by Gasteiger charge is 2.03. The summed E-state index contributed by atoms with van der Waals surface area (Å²) in [7, 11) is 0. The molecule has 20 heavy (non-hydrogen) atoms. The van der Waals surface area contributed by atoms with Gasteiger partial charge in [-0.2, -0.15) is 0 Å². The largest absolute Gasteiger partial charge is 0.486 e. The first-order valence-corrected chi connectivity index (χ1v) is 6.66. The van der Waals surface area contributed by atoms with Gasteiger partial charge in [0.15, 0.2) is 0 Å². The third kappa shape index (κ3) is 4.20. The fraction of sp³-hybridized carbons (Fsp3) is 0.333. The molecule has 0 aliphatic carbocycles. The summed E-state index contributed by atoms with van der Waals surface area (Å²) in [6, 6.07) is 9.25. The van der Waals surface area contributed by atoms with E-state index in [1.807, 2.05) is 31.2 Å². The summed E-state index contributed by atoms with van der Waals surface area (Å²) >= 11 is 0. The van der Waals surface area contributed by atoms with Crippen molar-refractivity contribution in [3.63, 3.8) is 0 Å². The topological polar surface area (TPSA) is 81.0 Å². The van der Waals surface area contributed by atoms with E-state index in [-0.39, 0.29) is 12.2 Å². The molecule has 2 aromatic rings. The second-order valence-electron chi connectivity index (χ2n) is 4.68. The average molecular weight is 273 g/mol. The average Bonchev–Trinajstić information content (AvgIpc) is 2.42. The van der Waals surface area contributed by atoms with E-state index in [0.29, 0.717) is 18.8 Å². The van der Waals surface area contributed by atoms with Crippen molar-refractivity contribution in [3.8, 4) is 5.75 Å². The number of rotatable bonds is 6. The second-order valence-corrected chi connectivity index (χ2v) is 4.68. The Morgan fingerprint density at radius 1 is 1.35 bits per heavy atom. The lowest BCUT2D eigenvalue weighted by Crippen LogP contribution is -2.15. The van der Waals surface area contributed by atoms with Gasteiger partial charge in [-0.3, -0.25) is 4.79 Å². The summed E-state index contributed by atoms with van der Waals surface area (Å²) < 4.78 is 5.63. The molecule has 5 nitrogen and oxygen atoms in total. The standard InChI is InChI=1S/C15H19N3O2/c1-11-4-2-6-13(8-11)20-10-14-17-12(5-3-7-16)9-15(19)18-14/h2,4,6,8-9H,3,5,7,10,16H2,1H3,(H,17,18,19). The number of hydrogen-bond donors (Lipinski definition) is 2. The molecule has 3 N–H and O–H groups in total. The van der Waals surface area contributed by atoms with Crippen LogP contribution in [-0.2, 0) is 13.0 Å². The van der Waals surface area contributed by atoms with Crippen molar-refractivity contribution in [1.29, 1.82) is 0 Å². The zero-order valence-corrected chi connectivity index (χ0v) is 11.6. The van der Waals surface area contributed by atoms with E-state index in [9.17, 15) is 4.79 Å². The molecule has 0 aliphatic rings. The van der Waals surface area contributed by atoms with Gasteiger partial charge >= 0.3 is 0 Å². The first-order valence-electron chi connectivity index (χ1n) is 6.66. The Bertz CT molecular complexity index is 623. The van der Waals surface area contributed by atoms with Crippen molar-refractivity contribution in [1.82, 2.24) is 9.97 Å². The number of hydrogen-bond acceptors (Lipinski definition) is 4. The fourth-order valence-corrected chi connectivity index (χ4v) is 1.90. The first kappa shape index (κ1) is 14.3. The molecule has 0 atom stereocenters. The molecule has 0 saturated heterocycles. The highest BCUT2D eigenvalue weighted by atomic mass is 16.5. The molecule has 0 unspecified atom stereocenters. The van der Waals surface area contributed by atoms with Crippen LogP contribution in [0.25, 0.3) is 0 Å². The van der Waals surface area contributed by atoms with Crippen molar-refractivity contribution in [2.45, 2.75) is 26.4 Å². The van der Waals surface area contributed by atoms with Crippen molar-refractivity contribution in [2.24, 2.45) is 5.73 Å². The van der Waals surface area contributed by atoms with Crippen LogP contribution in [0.15, 0.2) is 35.1 Å². The van der Waals surface area contributed by atoms with E-state index >= 15 is 0 Å². The van der Waals surface area contributed by atoms with Crippen molar-refractivity contribution in [2.75, 3.05) is 6.54 Å². The normalized spacial score (nSPS) is 10.5. The lowest BCUT2D eigenvalue weighted by Gasteiger charge is -2.07. The molecule has 1 aromatic carbocycles. The quantitative estimate of drug-likeness (QED) is 0.836. The summed E-state index contributed by atoms with van der Waals surface area (Å²) in [4.78, 5) is 18.6. The molecule has 0 fully saturated rings. The van der Waals surface area contributed by atoms with Crippen LogP contribution >= 0.6 is 0 Å². The second kappa shape index (κ2) is 6.86. The molecule has 2 rings (SSSR count). The van der Waals surface area contributed by atoms with Crippen LogP contribution in [0.1, 0.15) is 23.5 Å². The number of H-pyrrole nitrogens is 1. The van der Waals surface area contributed by atoms with E-state index in [0.717, 1.165) is 23.4 Å². The third-order valence-corrected chi connectivity index (χ3v) is 2.85. The monoisotopic (exact) mass is 273 g/mol. The zero-order chi connectivity index (χ0) is 14.4.